The summed E-state index contributed by atoms with van der Waals surface area (Å²) in [5.41, 5.74) is 0.318. The van der Waals surface area contributed by atoms with Crippen LogP contribution in [0.2, 0.25) is 0 Å². The number of halogens is 4. The molecule has 0 aliphatic carbocycles. The normalized spacial score (nSPS) is 10.4. The molecule has 2 aromatic carbocycles. The van der Waals surface area contributed by atoms with E-state index in [9.17, 15) is 13.6 Å². The first-order chi connectivity index (χ1) is 9.45. The third kappa shape index (κ3) is 3.86. The molecule has 6 heteroatoms. The molecule has 0 radical (unpaired) electrons. The molecule has 0 fully saturated rings. The lowest BCUT2D eigenvalue weighted by Gasteiger charge is -2.08. The Morgan fingerprint density at radius 3 is 2.10 bits per heavy atom. The van der Waals surface area contributed by atoms with Crippen LogP contribution in [0, 0.1) is 11.6 Å². The Hall–Kier alpha value is -1.27. The number of carbonyl (C=O) groups excluding carboxylic acids is 1. The molecule has 0 heterocycles. The molecule has 0 unspecified atom stereocenters. The zero-order chi connectivity index (χ0) is 14.7. The van der Waals surface area contributed by atoms with Crippen LogP contribution < -0.4 is 5.32 Å². The highest BCUT2D eigenvalue weighted by molar-refractivity contribution is 9.10. The van der Waals surface area contributed by atoms with E-state index in [1.54, 1.807) is 24.3 Å². The fourth-order valence-electron chi connectivity index (χ4n) is 1.63. The Morgan fingerprint density at radius 2 is 1.55 bits per heavy atom. The zero-order valence-electron chi connectivity index (χ0n) is 10.1. The van der Waals surface area contributed by atoms with Crippen molar-refractivity contribution in [3.05, 3.63) is 62.5 Å². The van der Waals surface area contributed by atoms with Gasteiger partial charge in [0.2, 0.25) is 5.91 Å². The van der Waals surface area contributed by atoms with E-state index >= 15 is 0 Å². The van der Waals surface area contributed by atoms with Crippen LogP contribution in [0.3, 0.4) is 0 Å². The lowest BCUT2D eigenvalue weighted by Crippen LogP contribution is -2.16. The molecule has 0 atom stereocenters. The van der Waals surface area contributed by atoms with Gasteiger partial charge in [-0.1, -0.05) is 44.0 Å². The maximum atomic E-state index is 13.6. The molecule has 2 aromatic rings. The van der Waals surface area contributed by atoms with E-state index in [1.807, 2.05) is 0 Å². The monoisotopic (exact) mass is 403 g/mol. The number of anilines is 1. The fourth-order valence-corrected chi connectivity index (χ4v) is 2.30. The summed E-state index contributed by atoms with van der Waals surface area (Å²) in [6, 6.07) is 9.30. The van der Waals surface area contributed by atoms with Gasteiger partial charge in [-0.2, -0.15) is 0 Å². The van der Waals surface area contributed by atoms with Gasteiger partial charge in [-0.15, -0.1) is 0 Å². The Bertz CT molecular complexity index is 621. The fraction of sp³-hybridized carbons (Fsp3) is 0.0714. The van der Waals surface area contributed by atoms with Gasteiger partial charge in [0.1, 0.15) is 5.69 Å². The predicted octanol–water partition coefficient (Wildman–Crippen LogP) is 4.67. The van der Waals surface area contributed by atoms with Crippen molar-refractivity contribution >= 4 is 43.5 Å². The van der Waals surface area contributed by atoms with E-state index in [-0.39, 0.29) is 10.9 Å². The highest BCUT2D eigenvalue weighted by atomic mass is 79.9. The molecule has 0 saturated carbocycles. The first-order valence-corrected chi connectivity index (χ1v) is 7.23. The van der Waals surface area contributed by atoms with Crippen molar-refractivity contribution in [2.75, 3.05) is 5.32 Å². The lowest BCUT2D eigenvalue weighted by molar-refractivity contribution is -0.115. The van der Waals surface area contributed by atoms with Crippen molar-refractivity contribution in [2.24, 2.45) is 0 Å². The third-order valence-corrected chi connectivity index (χ3v) is 3.54. The van der Waals surface area contributed by atoms with Gasteiger partial charge in [0.05, 0.1) is 6.42 Å². The number of amides is 1. The molecule has 104 valence electrons. The van der Waals surface area contributed by atoms with Crippen LogP contribution in [0.4, 0.5) is 14.5 Å². The van der Waals surface area contributed by atoms with E-state index < -0.39 is 23.2 Å². The number of carbonyl (C=O) groups is 1. The third-order valence-electron chi connectivity index (χ3n) is 2.55. The van der Waals surface area contributed by atoms with Crippen molar-refractivity contribution in [3.63, 3.8) is 0 Å². The number of nitrogens with one attached hydrogen (secondary N) is 1. The first kappa shape index (κ1) is 15.1. The van der Waals surface area contributed by atoms with Gasteiger partial charge in [0, 0.05) is 8.95 Å². The maximum absolute atomic E-state index is 13.6. The van der Waals surface area contributed by atoms with E-state index in [2.05, 4.69) is 37.2 Å². The molecular weight excluding hydrogens is 396 g/mol. The van der Waals surface area contributed by atoms with E-state index in [0.717, 1.165) is 22.2 Å². The Kier molecular flexibility index (Phi) is 4.88. The molecule has 20 heavy (non-hydrogen) atoms. The van der Waals surface area contributed by atoms with Crippen LogP contribution in [0.15, 0.2) is 45.3 Å². The molecule has 2 nitrogen and oxygen atoms in total. The highest BCUT2D eigenvalue weighted by Crippen LogP contribution is 2.24. The zero-order valence-corrected chi connectivity index (χ0v) is 13.3. The summed E-state index contributed by atoms with van der Waals surface area (Å²) < 4.78 is 28.3. The summed E-state index contributed by atoms with van der Waals surface area (Å²) in [5.74, 6) is -2.12. The first-order valence-electron chi connectivity index (χ1n) is 5.64. The van der Waals surface area contributed by atoms with Gasteiger partial charge in [-0.3, -0.25) is 4.79 Å². The molecule has 0 aliphatic heterocycles. The number of rotatable bonds is 3. The Balaban J connectivity index is 2.10. The van der Waals surface area contributed by atoms with Crippen LogP contribution in [0.5, 0.6) is 0 Å². The molecule has 0 aromatic heterocycles. The number of benzene rings is 2. The molecular formula is C14H9Br2F2NO. The standard InChI is InChI=1S/C14H9Br2F2NO/c15-9-3-1-8(2-4-9)5-13(20)19-14-11(17)6-10(16)7-12(14)18/h1-4,6-7H,5H2,(H,19,20). The van der Waals surface area contributed by atoms with Gasteiger partial charge in [0.25, 0.3) is 0 Å². The summed E-state index contributed by atoms with van der Waals surface area (Å²) in [6.07, 6.45) is 0.0439. The second-order valence-corrected chi connectivity index (χ2v) is 5.93. The van der Waals surface area contributed by atoms with Gasteiger partial charge in [0.15, 0.2) is 11.6 Å². The second-order valence-electron chi connectivity index (χ2n) is 4.10. The second kappa shape index (κ2) is 6.45. The van der Waals surface area contributed by atoms with Gasteiger partial charge < -0.3 is 5.32 Å². The summed E-state index contributed by atoms with van der Waals surface area (Å²) in [4.78, 5) is 11.8. The minimum Gasteiger partial charge on any atom is -0.321 e. The SMILES string of the molecule is O=C(Cc1ccc(Br)cc1)Nc1c(F)cc(Br)cc1F. The highest BCUT2D eigenvalue weighted by Gasteiger charge is 2.13. The average Bonchev–Trinajstić information content (AvgIpc) is 2.36. The number of hydrogen-bond donors (Lipinski definition) is 1. The Morgan fingerprint density at radius 1 is 1.00 bits per heavy atom. The molecule has 1 N–H and O–H groups in total. The molecule has 2 rings (SSSR count). The van der Waals surface area contributed by atoms with Gasteiger partial charge in [-0.25, -0.2) is 8.78 Å². The van der Waals surface area contributed by atoms with E-state index in [1.165, 1.54) is 0 Å². The topological polar surface area (TPSA) is 29.1 Å². The summed E-state index contributed by atoms with van der Waals surface area (Å²) in [6.45, 7) is 0. The summed E-state index contributed by atoms with van der Waals surface area (Å²) in [5, 5.41) is 2.25. The number of hydrogen-bond acceptors (Lipinski definition) is 1. The lowest BCUT2D eigenvalue weighted by atomic mass is 10.1. The van der Waals surface area contributed by atoms with Crippen molar-refractivity contribution < 1.29 is 13.6 Å². The quantitative estimate of drug-likeness (QED) is 0.791. The van der Waals surface area contributed by atoms with Gasteiger partial charge >= 0.3 is 0 Å². The molecule has 0 spiro atoms. The van der Waals surface area contributed by atoms with Crippen molar-refractivity contribution in [1.82, 2.24) is 0 Å². The van der Waals surface area contributed by atoms with Crippen LogP contribution >= 0.6 is 31.9 Å². The van der Waals surface area contributed by atoms with Crippen LogP contribution in [0.25, 0.3) is 0 Å². The smallest absolute Gasteiger partial charge is 0.228 e. The summed E-state index contributed by atoms with van der Waals surface area (Å²) >= 11 is 6.26. The molecule has 0 saturated heterocycles. The minimum absolute atomic E-state index is 0.0439. The molecule has 0 bridgehead atoms. The Labute approximate surface area is 131 Å². The van der Waals surface area contributed by atoms with Crippen LogP contribution in [0.1, 0.15) is 5.56 Å². The van der Waals surface area contributed by atoms with Crippen LogP contribution in [-0.4, -0.2) is 5.91 Å². The summed E-state index contributed by atoms with van der Waals surface area (Å²) in [7, 11) is 0. The maximum Gasteiger partial charge on any atom is 0.228 e. The molecule has 1 amide bonds. The molecule has 0 aliphatic rings. The van der Waals surface area contributed by atoms with Crippen LogP contribution in [-0.2, 0) is 11.2 Å². The van der Waals surface area contributed by atoms with E-state index in [0.29, 0.717) is 0 Å². The van der Waals surface area contributed by atoms with Crippen molar-refractivity contribution in [1.29, 1.82) is 0 Å². The largest absolute Gasteiger partial charge is 0.321 e. The van der Waals surface area contributed by atoms with E-state index in [4.69, 9.17) is 0 Å². The van der Waals surface area contributed by atoms with Crippen molar-refractivity contribution in [2.45, 2.75) is 6.42 Å². The van der Waals surface area contributed by atoms with Crippen molar-refractivity contribution in [3.8, 4) is 0 Å². The predicted molar refractivity (Wildman–Crippen MR) is 80.5 cm³/mol. The van der Waals surface area contributed by atoms with Gasteiger partial charge in [-0.05, 0) is 29.8 Å². The minimum atomic E-state index is -0.818. The average molecular weight is 405 g/mol.